The third-order valence-electron chi connectivity index (χ3n) is 4.72. The van der Waals surface area contributed by atoms with Crippen molar-refractivity contribution in [3.05, 3.63) is 59.4 Å². The normalized spacial score (nSPS) is 17.9. The number of rotatable bonds is 4. The van der Waals surface area contributed by atoms with Crippen molar-refractivity contribution in [3.8, 4) is 0 Å². The Bertz CT molecular complexity index is 902. The van der Waals surface area contributed by atoms with Gasteiger partial charge in [-0.2, -0.15) is 18.3 Å². The van der Waals surface area contributed by atoms with Gasteiger partial charge in [0.05, 0.1) is 11.8 Å². The Kier molecular flexibility index (Phi) is 5.67. The third-order valence-corrected chi connectivity index (χ3v) is 4.72. The van der Waals surface area contributed by atoms with Gasteiger partial charge in [0.15, 0.2) is 5.78 Å². The van der Waals surface area contributed by atoms with Crippen molar-refractivity contribution in [3.63, 3.8) is 0 Å². The Hall–Kier alpha value is -2.90. The maximum atomic E-state index is 12.9. The molecule has 8 heteroatoms. The van der Waals surface area contributed by atoms with E-state index in [1.54, 1.807) is 35.1 Å². The van der Waals surface area contributed by atoms with Gasteiger partial charge in [0, 0.05) is 49.5 Å². The molecule has 148 valence electrons. The number of likely N-dealkylation sites (tertiary alicyclic amines) is 1. The van der Waals surface area contributed by atoms with Crippen LogP contribution in [0, 0.1) is 5.92 Å². The summed E-state index contributed by atoms with van der Waals surface area (Å²) in [6.45, 7) is 0.716. The van der Waals surface area contributed by atoms with E-state index in [2.05, 4.69) is 5.10 Å². The minimum Gasteiger partial charge on any atom is -0.338 e. The van der Waals surface area contributed by atoms with Crippen LogP contribution in [0.25, 0.3) is 6.08 Å². The van der Waals surface area contributed by atoms with Crippen molar-refractivity contribution in [1.29, 1.82) is 0 Å². The van der Waals surface area contributed by atoms with Crippen molar-refractivity contribution in [2.75, 3.05) is 13.1 Å². The van der Waals surface area contributed by atoms with Crippen LogP contribution in [-0.2, 0) is 18.0 Å². The molecule has 0 radical (unpaired) electrons. The SMILES string of the molecule is Cn1cc(/C=C/C(=O)N2CCC[C@H](C(=O)c3cccc(C(F)(F)F)c3)C2)cn1. The standard InChI is InChI=1S/C20H20F3N3O2/c1-25-12-14(11-24-25)7-8-18(27)26-9-3-5-16(13-26)19(28)15-4-2-6-17(10-15)20(21,22)23/h2,4,6-8,10-12,16H,3,5,9,13H2,1H3/b8-7+/t16-/m0/s1. The van der Waals surface area contributed by atoms with Crippen LogP contribution >= 0.6 is 0 Å². The van der Waals surface area contributed by atoms with Crippen LogP contribution in [0.4, 0.5) is 13.2 Å². The fourth-order valence-corrected chi connectivity index (χ4v) is 3.27. The molecular formula is C20H20F3N3O2. The summed E-state index contributed by atoms with van der Waals surface area (Å²) in [7, 11) is 1.77. The quantitative estimate of drug-likeness (QED) is 0.591. The van der Waals surface area contributed by atoms with Crippen molar-refractivity contribution in [2.24, 2.45) is 13.0 Å². The van der Waals surface area contributed by atoms with Gasteiger partial charge in [-0.3, -0.25) is 14.3 Å². The molecule has 28 heavy (non-hydrogen) atoms. The lowest BCUT2D eigenvalue weighted by atomic mass is 9.89. The van der Waals surface area contributed by atoms with Crippen LogP contribution in [0.2, 0.25) is 0 Å². The molecule has 1 aliphatic rings. The second-order valence-corrected chi connectivity index (χ2v) is 6.85. The van der Waals surface area contributed by atoms with Crippen LogP contribution < -0.4 is 0 Å². The maximum absolute atomic E-state index is 12.9. The van der Waals surface area contributed by atoms with E-state index in [0.717, 1.165) is 17.7 Å². The van der Waals surface area contributed by atoms with Gasteiger partial charge in [-0.05, 0) is 31.1 Å². The number of amides is 1. The fraction of sp³-hybridized carbons (Fsp3) is 0.350. The third kappa shape index (κ3) is 4.68. The second-order valence-electron chi connectivity index (χ2n) is 6.85. The molecule has 2 heterocycles. The maximum Gasteiger partial charge on any atom is 0.416 e. The number of aromatic nitrogens is 2. The number of Topliss-reactive ketones (excluding diaryl/α,β-unsaturated/α-hetero) is 1. The molecule has 5 nitrogen and oxygen atoms in total. The summed E-state index contributed by atoms with van der Waals surface area (Å²) in [4.78, 5) is 26.7. The highest BCUT2D eigenvalue weighted by Gasteiger charge is 2.33. The second kappa shape index (κ2) is 8.00. The number of hydrogen-bond donors (Lipinski definition) is 0. The minimum absolute atomic E-state index is 0.0278. The van der Waals surface area contributed by atoms with Gasteiger partial charge in [0.2, 0.25) is 5.91 Å². The average molecular weight is 391 g/mol. The van der Waals surface area contributed by atoms with Gasteiger partial charge in [-0.25, -0.2) is 0 Å². The van der Waals surface area contributed by atoms with Gasteiger partial charge in [0.1, 0.15) is 0 Å². The van der Waals surface area contributed by atoms with Gasteiger partial charge in [-0.1, -0.05) is 12.1 Å². The molecule has 0 aliphatic carbocycles. The number of aryl methyl sites for hydroxylation is 1. The number of ketones is 1. The van der Waals surface area contributed by atoms with Gasteiger partial charge >= 0.3 is 6.18 Å². The fourth-order valence-electron chi connectivity index (χ4n) is 3.27. The number of piperidine rings is 1. The lowest BCUT2D eigenvalue weighted by Gasteiger charge is -2.31. The predicted molar refractivity (Wildman–Crippen MR) is 97.3 cm³/mol. The molecule has 1 fully saturated rings. The molecular weight excluding hydrogens is 371 g/mol. The summed E-state index contributed by atoms with van der Waals surface area (Å²) in [5, 5.41) is 4.02. The molecule has 0 bridgehead atoms. The molecule has 1 saturated heterocycles. The first kappa shape index (κ1) is 19.9. The molecule has 1 aromatic carbocycles. The molecule has 0 spiro atoms. The molecule has 2 aromatic rings. The minimum atomic E-state index is -4.50. The lowest BCUT2D eigenvalue weighted by Crippen LogP contribution is -2.41. The Morgan fingerprint density at radius 1 is 1.29 bits per heavy atom. The number of hydrogen-bond acceptors (Lipinski definition) is 3. The highest BCUT2D eigenvalue weighted by atomic mass is 19.4. The highest BCUT2D eigenvalue weighted by molar-refractivity contribution is 5.99. The Labute approximate surface area is 160 Å². The molecule has 1 atom stereocenters. The van der Waals surface area contributed by atoms with E-state index in [0.29, 0.717) is 19.4 Å². The first-order chi connectivity index (χ1) is 13.2. The monoisotopic (exact) mass is 391 g/mol. The number of nitrogens with zero attached hydrogens (tertiary/aromatic N) is 3. The molecule has 1 amide bonds. The van der Waals surface area contributed by atoms with E-state index < -0.39 is 17.7 Å². The van der Waals surface area contributed by atoms with Gasteiger partial charge in [-0.15, -0.1) is 0 Å². The summed E-state index contributed by atoms with van der Waals surface area (Å²) < 4.78 is 40.3. The summed E-state index contributed by atoms with van der Waals surface area (Å²) >= 11 is 0. The lowest BCUT2D eigenvalue weighted by molar-refractivity contribution is -0.137. The van der Waals surface area contributed by atoms with E-state index in [-0.39, 0.29) is 23.8 Å². The van der Waals surface area contributed by atoms with Crippen LogP contribution in [0.5, 0.6) is 0 Å². The van der Waals surface area contributed by atoms with Crippen LogP contribution in [0.15, 0.2) is 42.7 Å². The van der Waals surface area contributed by atoms with Crippen LogP contribution in [0.1, 0.15) is 34.3 Å². The Morgan fingerprint density at radius 2 is 2.07 bits per heavy atom. The van der Waals surface area contributed by atoms with E-state index in [9.17, 15) is 22.8 Å². The smallest absolute Gasteiger partial charge is 0.338 e. The zero-order chi connectivity index (χ0) is 20.3. The first-order valence-electron chi connectivity index (χ1n) is 8.91. The molecule has 0 unspecified atom stereocenters. The average Bonchev–Trinajstić information content (AvgIpc) is 3.10. The van der Waals surface area contributed by atoms with E-state index >= 15 is 0 Å². The zero-order valence-electron chi connectivity index (χ0n) is 15.3. The highest BCUT2D eigenvalue weighted by Crippen LogP contribution is 2.30. The number of benzene rings is 1. The Morgan fingerprint density at radius 3 is 2.75 bits per heavy atom. The first-order valence-corrected chi connectivity index (χ1v) is 8.91. The van der Waals surface area contributed by atoms with Crippen LogP contribution in [-0.4, -0.2) is 39.5 Å². The number of halogens is 3. The van der Waals surface area contributed by atoms with Crippen molar-refractivity contribution < 1.29 is 22.8 Å². The number of alkyl halides is 3. The van der Waals surface area contributed by atoms with Gasteiger partial charge < -0.3 is 4.90 Å². The topological polar surface area (TPSA) is 55.2 Å². The summed E-state index contributed by atoms with van der Waals surface area (Å²) in [6, 6.07) is 4.45. The molecule has 0 N–H and O–H groups in total. The van der Waals surface area contributed by atoms with Crippen LogP contribution in [0.3, 0.4) is 0 Å². The van der Waals surface area contributed by atoms with E-state index in [1.165, 1.54) is 18.2 Å². The summed E-state index contributed by atoms with van der Waals surface area (Å²) in [5.41, 5.74) is -0.0361. The molecule has 3 rings (SSSR count). The van der Waals surface area contributed by atoms with Crippen molar-refractivity contribution in [1.82, 2.24) is 14.7 Å². The number of carbonyl (C=O) groups is 2. The van der Waals surface area contributed by atoms with E-state index in [4.69, 9.17) is 0 Å². The Balaban J connectivity index is 1.68. The largest absolute Gasteiger partial charge is 0.416 e. The van der Waals surface area contributed by atoms with Gasteiger partial charge in [0.25, 0.3) is 0 Å². The molecule has 1 aromatic heterocycles. The molecule has 0 saturated carbocycles. The predicted octanol–water partition coefficient (Wildman–Crippen LogP) is 3.57. The summed E-state index contributed by atoms with van der Waals surface area (Å²) in [5.74, 6) is -1.10. The van der Waals surface area contributed by atoms with Crippen molar-refractivity contribution in [2.45, 2.75) is 19.0 Å². The van der Waals surface area contributed by atoms with Crippen molar-refractivity contribution >= 4 is 17.8 Å². The summed E-state index contributed by atoms with van der Waals surface area (Å²) in [6.07, 6.45) is 3.14. The van der Waals surface area contributed by atoms with E-state index in [1.807, 2.05) is 0 Å². The molecule has 1 aliphatic heterocycles. The number of carbonyl (C=O) groups excluding carboxylic acids is 2. The zero-order valence-corrected chi connectivity index (χ0v) is 15.3.